The van der Waals surface area contributed by atoms with Gasteiger partial charge >= 0.3 is 0 Å². The largest absolute Gasteiger partial charge is 0.456 e. The third-order valence-corrected chi connectivity index (χ3v) is 11.1. The zero-order valence-corrected chi connectivity index (χ0v) is 25.1. The van der Waals surface area contributed by atoms with Gasteiger partial charge in [0.2, 0.25) is 0 Å². The van der Waals surface area contributed by atoms with Crippen molar-refractivity contribution in [3.63, 3.8) is 0 Å². The smallest absolute Gasteiger partial charge is 0.137 e. The van der Waals surface area contributed by atoms with Gasteiger partial charge in [0.1, 0.15) is 17.3 Å². The minimum atomic E-state index is -0.101. The zero-order chi connectivity index (χ0) is 28.8. The lowest BCUT2D eigenvalue weighted by atomic mass is 10.1. The number of rotatable bonds is 3. The third-order valence-electron chi connectivity index (χ3n) is 8.86. The molecule has 4 heterocycles. The van der Waals surface area contributed by atoms with Crippen LogP contribution < -0.4 is 10.2 Å². The molecule has 44 heavy (non-hydrogen) atoms. The first kappa shape index (κ1) is 24.4. The van der Waals surface area contributed by atoms with E-state index in [4.69, 9.17) is 4.42 Å². The first-order chi connectivity index (χ1) is 21.8. The Labute approximate surface area is 260 Å². The number of nitrogens with one attached hydrogen (secondary N) is 1. The van der Waals surface area contributed by atoms with Crippen LogP contribution in [-0.4, -0.2) is 6.17 Å². The molecule has 9 aromatic rings. The summed E-state index contributed by atoms with van der Waals surface area (Å²) < 4.78 is 10.3. The Hall–Kier alpha value is -5.10. The van der Waals surface area contributed by atoms with E-state index in [9.17, 15) is 0 Å². The topological polar surface area (TPSA) is 28.4 Å². The molecular formula is C39H24N2OS2. The van der Waals surface area contributed by atoms with E-state index in [0.717, 1.165) is 33.3 Å². The summed E-state index contributed by atoms with van der Waals surface area (Å²) in [7, 11) is 0. The maximum Gasteiger partial charge on any atom is 0.137 e. The van der Waals surface area contributed by atoms with E-state index in [2.05, 4.69) is 132 Å². The maximum absolute atomic E-state index is 6.36. The summed E-state index contributed by atoms with van der Waals surface area (Å²) in [5, 5.41) is 12.6. The number of benzene rings is 6. The highest BCUT2D eigenvalue weighted by molar-refractivity contribution is 7.25. The Bertz CT molecular complexity index is 2620. The second-order valence-corrected chi connectivity index (χ2v) is 13.6. The quantitative estimate of drug-likeness (QED) is 0.219. The van der Waals surface area contributed by atoms with Crippen LogP contribution in [0.1, 0.15) is 4.88 Å². The molecule has 1 aliphatic rings. The number of nitrogens with zero attached hydrogens (tertiary/aromatic N) is 1. The van der Waals surface area contributed by atoms with Gasteiger partial charge < -0.3 is 14.6 Å². The number of para-hydroxylation sites is 1. The molecule has 1 N–H and O–H groups in total. The van der Waals surface area contributed by atoms with E-state index >= 15 is 0 Å². The predicted octanol–water partition coefficient (Wildman–Crippen LogP) is 11.9. The Kier molecular flexibility index (Phi) is 5.09. The lowest BCUT2D eigenvalue weighted by molar-refractivity contribution is 0.668. The molecule has 3 aromatic heterocycles. The van der Waals surface area contributed by atoms with Crippen LogP contribution in [0.3, 0.4) is 0 Å². The van der Waals surface area contributed by atoms with Gasteiger partial charge in [-0.15, -0.1) is 22.7 Å². The van der Waals surface area contributed by atoms with Crippen molar-refractivity contribution in [3.05, 3.63) is 132 Å². The predicted molar refractivity (Wildman–Crippen MR) is 191 cm³/mol. The van der Waals surface area contributed by atoms with Gasteiger partial charge in [-0.1, -0.05) is 60.7 Å². The van der Waals surface area contributed by atoms with Crippen molar-refractivity contribution in [2.75, 3.05) is 10.2 Å². The zero-order valence-electron chi connectivity index (χ0n) is 23.5. The highest BCUT2D eigenvalue weighted by Crippen LogP contribution is 2.44. The number of hydrogen-bond acceptors (Lipinski definition) is 5. The summed E-state index contributed by atoms with van der Waals surface area (Å²) in [5.41, 5.74) is 5.21. The monoisotopic (exact) mass is 600 g/mol. The van der Waals surface area contributed by atoms with Crippen LogP contribution in [0.25, 0.3) is 69.0 Å². The van der Waals surface area contributed by atoms with Gasteiger partial charge in [0, 0.05) is 58.5 Å². The molecule has 0 radical (unpaired) electrons. The molecule has 0 aliphatic carbocycles. The van der Waals surface area contributed by atoms with Gasteiger partial charge in [0.25, 0.3) is 0 Å². The molecule has 0 saturated carbocycles. The second-order valence-electron chi connectivity index (χ2n) is 11.4. The number of anilines is 3. The summed E-state index contributed by atoms with van der Waals surface area (Å²) >= 11 is 3.70. The van der Waals surface area contributed by atoms with Crippen molar-refractivity contribution >= 4 is 109 Å². The van der Waals surface area contributed by atoms with Crippen molar-refractivity contribution in [3.8, 4) is 0 Å². The first-order valence-electron chi connectivity index (χ1n) is 14.8. The van der Waals surface area contributed by atoms with Crippen LogP contribution in [0.15, 0.2) is 132 Å². The van der Waals surface area contributed by atoms with Crippen LogP contribution in [0.5, 0.6) is 0 Å². The summed E-state index contributed by atoms with van der Waals surface area (Å²) in [6.07, 6.45) is 4.48. The molecule has 208 valence electrons. The molecular weight excluding hydrogens is 577 g/mol. The third kappa shape index (κ3) is 3.60. The van der Waals surface area contributed by atoms with Crippen molar-refractivity contribution in [1.29, 1.82) is 0 Å². The van der Waals surface area contributed by atoms with E-state index in [-0.39, 0.29) is 6.17 Å². The molecule has 0 amide bonds. The van der Waals surface area contributed by atoms with Crippen LogP contribution in [-0.2, 0) is 0 Å². The molecule has 1 aliphatic heterocycles. The highest BCUT2D eigenvalue weighted by Gasteiger charge is 2.26. The molecule has 0 saturated heterocycles. The van der Waals surface area contributed by atoms with E-state index in [1.54, 1.807) is 0 Å². The molecule has 6 aromatic carbocycles. The minimum absolute atomic E-state index is 0.101. The number of thiophene rings is 2. The molecule has 0 bridgehead atoms. The summed E-state index contributed by atoms with van der Waals surface area (Å²) in [6.45, 7) is 0. The van der Waals surface area contributed by atoms with E-state index < -0.39 is 0 Å². The van der Waals surface area contributed by atoms with Crippen LogP contribution in [0.2, 0.25) is 0 Å². The molecule has 0 spiro atoms. The number of hydrogen-bond donors (Lipinski definition) is 1. The average Bonchev–Trinajstić information content (AvgIpc) is 3.74. The fraction of sp³-hybridized carbons (Fsp3) is 0.0256. The first-order valence-corrected chi connectivity index (χ1v) is 16.4. The molecule has 5 heteroatoms. The van der Waals surface area contributed by atoms with Gasteiger partial charge in [-0.3, -0.25) is 0 Å². The number of furan rings is 1. The van der Waals surface area contributed by atoms with Crippen molar-refractivity contribution < 1.29 is 4.42 Å². The number of fused-ring (bicyclic) bond motifs is 10. The second kappa shape index (κ2) is 9.20. The molecule has 1 atom stereocenters. The summed E-state index contributed by atoms with van der Waals surface area (Å²) in [4.78, 5) is 3.67. The van der Waals surface area contributed by atoms with Gasteiger partial charge in [-0.2, -0.15) is 0 Å². The van der Waals surface area contributed by atoms with Gasteiger partial charge in [-0.25, -0.2) is 0 Å². The summed E-state index contributed by atoms with van der Waals surface area (Å²) in [6, 6.07) is 43.7. The molecule has 3 nitrogen and oxygen atoms in total. The van der Waals surface area contributed by atoms with Gasteiger partial charge in [0.15, 0.2) is 0 Å². The molecule has 1 unspecified atom stereocenters. The normalized spacial score (nSPS) is 14.7. The standard InChI is InChI=1S/C39H24N2OS2/c1-2-8-24-20-37-31(19-23(24)7-1)39-36(44-37)17-18-38(40-39)41(25-14-16-35-30(21-25)29-10-4-6-12-34(29)43-35)26-13-15-28-27-9-3-5-11-32(27)42-33(28)22-26/h1-22,38,40H. The lowest BCUT2D eigenvalue weighted by Crippen LogP contribution is -2.37. The molecule has 10 rings (SSSR count). The lowest BCUT2D eigenvalue weighted by Gasteiger charge is -2.35. The van der Waals surface area contributed by atoms with Crippen LogP contribution in [0.4, 0.5) is 17.1 Å². The van der Waals surface area contributed by atoms with Crippen LogP contribution in [0, 0.1) is 0 Å². The molecule has 0 fully saturated rings. The van der Waals surface area contributed by atoms with Crippen LogP contribution >= 0.6 is 22.7 Å². The van der Waals surface area contributed by atoms with E-state index in [1.165, 1.54) is 51.6 Å². The Balaban J connectivity index is 1.16. The van der Waals surface area contributed by atoms with E-state index in [1.807, 2.05) is 34.8 Å². The maximum atomic E-state index is 6.36. The fourth-order valence-electron chi connectivity index (χ4n) is 6.79. The Morgan fingerprint density at radius 2 is 1.27 bits per heavy atom. The van der Waals surface area contributed by atoms with Gasteiger partial charge in [0.05, 0.1) is 10.6 Å². The fourth-order valence-corrected chi connectivity index (χ4v) is 8.99. The van der Waals surface area contributed by atoms with Crippen molar-refractivity contribution in [2.45, 2.75) is 6.17 Å². The Morgan fingerprint density at radius 3 is 2.20 bits per heavy atom. The summed E-state index contributed by atoms with van der Waals surface area (Å²) in [5.74, 6) is 0. The Morgan fingerprint density at radius 1 is 0.545 bits per heavy atom. The van der Waals surface area contributed by atoms with Gasteiger partial charge in [-0.05, 0) is 77.5 Å². The average molecular weight is 601 g/mol. The van der Waals surface area contributed by atoms with Crippen molar-refractivity contribution in [1.82, 2.24) is 0 Å². The SMILES string of the molecule is C1=CC(N(c2ccc3c(c2)oc2ccccc23)c2ccc3sc4ccccc4c3c2)Nc2c1sc1cc3ccccc3cc21. The minimum Gasteiger partial charge on any atom is -0.456 e. The van der Waals surface area contributed by atoms with Crippen molar-refractivity contribution in [2.24, 2.45) is 0 Å². The highest BCUT2D eigenvalue weighted by atomic mass is 32.1. The van der Waals surface area contributed by atoms with E-state index in [0.29, 0.717) is 0 Å².